The van der Waals surface area contributed by atoms with Crippen molar-refractivity contribution in [3.05, 3.63) is 47.2 Å². The Morgan fingerprint density at radius 3 is 2.70 bits per heavy atom. The number of nitrogens with zero attached hydrogens (tertiary/aromatic N) is 2. The van der Waals surface area contributed by atoms with Gasteiger partial charge < -0.3 is 9.47 Å². The fourth-order valence-corrected chi connectivity index (χ4v) is 2.67. The monoisotopic (exact) mass is 332 g/mol. The first-order chi connectivity index (χ1) is 9.74. The van der Waals surface area contributed by atoms with Crippen LogP contribution in [0.2, 0.25) is 0 Å². The normalized spacial score (nSPS) is 10.8. The van der Waals surface area contributed by atoms with E-state index in [0.29, 0.717) is 0 Å². The van der Waals surface area contributed by atoms with Gasteiger partial charge in [-0.2, -0.15) is 0 Å². The van der Waals surface area contributed by atoms with E-state index in [1.54, 1.807) is 14.2 Å². The van der Waals surface area contributed by atoms with Gasteiger partial charge in [-0.05, 0) is 46.3 Å². The zero-order valence-electron chi connectivity index (χ0n) is 11.1. The van der Waals surface area contributed by atoms with Crippen molar-refractivity contribution in [2.24, 2.45) is 0 Å². The predicted molar refractivity (Wildman–Crippen MR) is 81.4 cm³/mol. The summed E-state index contributed by atoms with van der Waals surface area (Å²) in [6.07, 6.45) is 1.97. The molecule has 0 aliphatic heterocycles. The molecule has 0 saturated carbocycles. The van der Waals surface area contributed by atoms with Crippen LogP contribution in [-0.2, 0) is 0 Å². The van der Waals surface area contributed by atoms with E-state index >= 15 is 0 Å². The molecule has 0 atom stereocenters. The van der Waals surface area contributed by atoms with Gasteiger partial charge in [-0.25, -0.2) is 4.98 Å². The summed E-state index contributed by atoms with van der Waals surface area (Å²) in [5.74, 6) is 2.34. The molecule has 0 amide bonds. The van der Waals surface area contributed by atoms with Crippen molar-refractivity contribution >= 4 is 21.4 Å². The predicted octanol–water partition coefficient (Wildman–Crippen LogP) is 3.78. The fourth-order valence-electron chi connectivity index (χ4n) is 2.18. The van der Waals surface area contributed by atoms with Gasteiger partial charge in [0.15, 0.2) is 0 Å². The Hall–Kier alpha value is -2.01. The Morgan fingerprint density at radius 2 is 1.95 bits per heavy atom. The van der Waals surface area contributed by atoms with Crippen LogP contribution in [0.25, 0.3) is 16.9 Å². The summed E-state index contributed by atoms with van der Waals surface area (Å²) >= 11 is 3.49. The molecular weight excluding hydrogens is 320 g/mol. The molecule has 20 heavy (non-hydrogen) atoms. The summed E-state index contributed by atoms with van der Waals surface area (Å²) < 4.78 is 13.5. The molecule has 0 N–H and O–H groups in total. The maximum Gasteiger partial charge on any atom is 0.149 e. The second kappa shape index (κ2) is 5.17. The minimum Gasteiger partial charge on any atom is -0.497 e. The van der Waals surface area contributed by atoms with Gasteiger partial charge in [0.2, 0.25) is 0 Å². The van der Waals surface area contributed by atoms with Gasteiger partial charge in [0.1, 0.15) is 21.9 Å². The van der Waals surface area contributed by atoms with E-state index in [2.05, 4.69) is 20.9 Å². The lowest BCUT2D eigenvalue weighted by atomic mass is 10.1. The van der Waals surface area contributed by atoms with Crippen molar-refractivity contribution in [2.45, 2.75) is 0 Å². The van der Waals surface area contributed by atoms with Crippen molar-refractivity contribution in [1.82, 2.24) is 9.38 Å². The van der Waals surface area contributed by atoms with Crippen LogP contribution in [-0.4, -0.2) is 23.6 Å². The first-order valence-corrected chi connectivity index (χ1v) is 6.89. The minimum absolute atomic E-state index is 0.758. The summed E-state index contributed by atoms with van der Waals surface area (Å²) in [7, 11) is 3.29. The number of pyridine rings is 1. The molecular formula is C15H13BrN2O2. The van der Waals surface area contributed by atoms with Crippen LogP contribution in [0.1, 0.15) is 0 Å². The first kappa shape index (κ1) is 13.0. The van der Waals surface area contributed by atoms with Crippen LogP contribution in [0.4, 0.5) is 0 Å². The van der Waals surface area contributed by atoms with Crippen LogP contribution >= 0.6 is 15.9 Å². The van der Waals surface area contributed by atoms with E-state index < -0.39 is 0 Å². The molecule has 4 nitrogen and oxygen atoms in total. The maximum atomic E-state index is 5.43. The summed E-state index contributed by atoms with van der Waals surface area (Å²) in [5.41, 5.74) is 1.89. The highest BCUT2D eigenvalue weighted by molar-refractivity contribution is 9.10. The Balaban J connectivity index is 2.30. The number of benzene rings is 1. The zero-order chi connectivity index (χ0) is 14.1. The second-order valence-corrected chi connectivity index (χ2v) is 5.00. The van der Waals surface area contributed by atoms with Crippen LogP contribution in [0.5, 0.6) is 11.5 Å². The number of imidazole rings is 1. The molecule has 2 aromatic heterocycles. The van der Waals surface area contributed by atoms with E-state index in [1.165, 1.54) is 0 Å². The number of hydrogen-bond donors (Lipinski definition) is 0. The lowest BCUT2D eigenvalue weighted by molar-refractivity contribution is 0.404. The summed E-state index contributed by atoms with van der Waals surface area (Å²) in [5, 5.41) is 0. The third kappa shape index (κ3) is 2.04. The third-order valence-electron chi connectivity index (χ3n) is 3.15. The van der Waals surface area contributed by atoms with Gasteiger partial charge in [0.05, 0.1) is 25.3 Å². The van der Waals surface area contributed by atoms with Gasteiger partial charge in [-0.15, -0.1) is 0 Å². The van der Waals surface area contributed by atoms with Crippen molar-refractivity contribution in [1.29, 1.82) is 0 Å². The van der Waals surface area contributed by atoms with Crippen LogP contribution in [0.3, 0.4) is 0 Å². The Bertz CT molecular complexity index is 768. The molecule has 0 aliphatic carbocycles. The zero-order valence-corrected chi connectivity index (χ0v) is 12.7. The summed E-state index contributed by atoms with van der Waals surface area (Å²) in [6, 6.07) is 11.6. The van der Waals surface area contributed by atoms with Gasteiger partial charge in [-0.3, -0.25) is 4.40 Å². The Labute approximate surface area is 125 Å². The number of methoxy groups -OCH3 is 2. The number of fused-ring (bicyclic) bond motifs is 1. The van der Waals surface area contributed by atoms with Crippen molar-refractivity contribution < 1.29 is 9.47 Å². The lowest BCUT2D eigenvalue weighted by Crippen LogP contribution is -1.94. The average molecular weight is 333 g/mol. The van der Waals surface area contributed by atoms with Gasteiger partial charge >= 0.3 is 0 Å². The number of rotatable bonds is 3. The maximum absolute atomic E-state index is 5.43. The summed E-state index contributed by atoms with van der Waals surface area (Å²) in [4.78, 5) is 4.59. The molecule has 0 radical (unpaired) electrons. The smallest absolute Gasteiger partial charge is 0.149 e. The highest BCUT2D eigenvalue weighted by Gasteiger charge is 2.15. The first-order valence-electron chi connectivity index (χ1n) is 6.09. The third-order valence-corrected chi connectivity index (χ3v) is 3.73. The Morgan fingerprint density at radius 1 is 1.10 bits per heavy atom. The van der Waals surface area contributed by atoms with Crippen LogP contribution in [0.15, 0.2) is 47.2 Å². The molecule has 0 bridgehead atoms. The highest BCUT2D eigenvalue weighted by Crippen LogP contribution is 2.34. The molecule has 5 heteroatoms. The topological polar surface area (TPSA) is 35.8 Å². The SMILES string of the molecule is COc1ccc(OC)c(-c2nc(Br)c3ccccn23)c1. The summed E-state index contributed by atoms with van der Waals surface area (Å²) in [6.45, 7) is 0. The molecule has 0 spiro atoms. The Kier molecular flexibility index (Phi) is 3.36. The van der Waals surface area contributed by atoms with Crippen LogP contribution in [0, 0.1) is 0 Å². The molecule has 0 fully saturated rings. The second-order valence-electron chi connectivity index (χ2n) is 4.25. The molecule has 1 aromatic carbocycles. The van der Waals surface area contributed by atoms with Crippen LogP contribution < -0.4 is 9.47 Å². The van der Waals surface area contributed by atoms with Crippen molar-refractivity contribution in [2.75, 3.05) is 14.2 Å². The standard InChI is InChI=1S/C15H13BrN2O2/c1-19-10-6-7-13(20-2)11(9-10)15-17-14(16)12-5-3-4-8-18(12)15/h3-9H,1-2H3. The molecule has 0 aliphatic rings. The average Bonchev–Trinajstić information content (AvgIpc) is 2.84. The fraction of sp³-hybridized carbons (Fsp3) is 0.133. The van der Waals surface area contributed by atoms with E-state index in [-0.39, 0.29) is 0 Å². The van der Waals surface area contributed by atoms with E-state index in [1.807, 2.05) is 47.0 Å². The lowest BCUT2D eigenvalue weighted by Gasteiger charge is -2.09. The van der Waals surface area contributed by atoms with Gasteiger partial charge in [0.25, 0.3) is 0 Å². The van der Waals surface area contributed by atoms with Gasteiger partial charge in [0, 0.05) is 6.20 Å². The molecule has 0 saturated heterocycles. The van der Waals surface area contributed by atoms with E-state index in [0.717, 1.165) is 33.0 Å². The molecule has 0 unspecified atom stereocenters. The molecule has 2 heterocycles. The quantitative estimate of drug-likeness (QED) is 0.732. The minimum atomic E-state index is 0.758. The molecule has 102 valence electrons. The van der Waals surface area contributed by atoms with Gasteiger partial charge in [-0.1, -0.05) is 6.07 Å². The largest absolute Gasteiger partial charge is 0.497 e. The number of ether oxygens (including phenoxy) is 2. The molecule has 3 rings (SSSR count). The highest BCUT2D eigenvalue weighted by atomic mass is 79.9. The number of aromatic nitrogens is 2. The van der Waals surface area contributed by atoms with Crippen molar-refractivity contribution in [3.8, 4) is 22.9 Å². The van der Waals surface area contributed by atoms with E-state index in [9.17, 15) is 0 Å². The molecule has 3 aromatic rings. The number of halogens is 1. The number of hydrogen-bond acceptors (Lipinski definition) is 3. The van der Waals surface area contributed by atoms with Crippen molar-refractivity contribution in [3.63, 3.8) is 0 Å². The van der Waals surface area contributed by atoms with E-state index in [4.69, 9.17) is 9.47 Å².